The van der Waals surface area contributed by atoms with E-state index < -0.39 is 43.6 Å². The van der Waals surface area contributed by atoms with Crippen LogP contribution in [-0.4, -0.2) is 18.3 Å². The van der Waals surface area contributed by atoms with Gasteiger partial charge in [0.2, 0.25) is 10.0 Å². The van der Waals surface area contributed by atoms with Gasteiger partial charge in [-0.1, -0.05) is 0 Å². The fourth-order valence-electron chi connectivity index (χ4n) is 2.90. The van der Waals surface area contributed by atoms with Crippen LogP contribution < -0.4 is 10.5 Å². The second kappa shape index (κ2) is 6.82. The fourth-order valence-corrected chi connectivity index (χ4v) is 3.43. The number of primary sulfonamides is 1. The van der Waals surface area contributed by atoms with Crippen molar-refractivity contribution in [2.45, 2.75) is 37.1 Å². The number of nitro groups is 1. The molecule has 0 atom stereocenters. The third-order valence-corrected chi connectivity index (χ3v) is 5.26. The van der Waals surface area contributed by atoms with Crippen molar-refractivity contribution in [1.29, 1.82) is 0 Å². The molecule has 8 nitrogen and oxygen atoms in total. The molecular formula is C16H16F2N4O4S. The van der Waals surface area contributed by atoms with Crippen LogP contribution in [0.4, 0.5) is 20.2 Å². The molecule has 2 aromatic rings. The minimum Gasteiger partial charge on any atom is -0.375 e. The van der Waals surface area contributed by atoms with Crippen LogP contribution in [0.5, 0.6) is 0 Å². The molecule has 0 bridgehead atoms. The molecule has 144 valence electrons. The number of anilines is 1. The number of halogens is 2. The van der Waals surface area contributed by atoms with Crippen molar-refractivity contribution >= 4 is 21.4 Å². The lowest BCUT2D eigenvalue weighted by molar-refractivity contribution is -0.384. The Hall–Kier alpha value is -2.66. The minimum atomic E-state index is -4.26. The summed E-state index contributed by atoms with van der Waals surface area (Å²) in [5, 5.41) is 18.9. The highest BCUT2D eigenvalue weighted by Gasteiger charge is 2.32. The summed E-state index contributed by atoms with van der Waals surface area (Å²) < 4.78 is 50.9. The minimum absolute atomic E-state index is 0.111. The van der Waals surface area contributed by atoms with Gasteiger partial charge in [-0.3, -0.25) is 15.1 Å². The van der Waals surface area contributed by atoms with Gasteiger partial charge < -0.3 is 5.32 Å². The number of sulfonamides is 1. The number of nitrogens with two attached hydrogens (primary N) is 1. The molecule has 0 spiro atoms. The molecule has 0 aliphatic heterocycles. The second-order valence-corrected chi connectivity index (χ2v) is 7.87. The van der Waals surface area contributed by atoms with E-state index in [4.69, 9.17) is 5.14 Å². The van der Waals surface area contributed by atoms with Gasteiger partial charge in [0.1, 0.15) is 23.5 Å². The SMILES string of the molecule is Cc1ncc([N+](=O)[O-])c(NCc2c(F)cc(S(N)(=O)=O)cc2F)c1C1CC1. The summed E-state index contributed by atoms with van der Waals surface area (Å²) >= 11 is 0. The van der Waals surface area contributed by atoms with Crippen LogP contribution in [0.15, 0.2) is 23.2 Å². The average Bonchev–Trinajstić information content (AvgIpc) is 3.37. The van der Waals surface area contributed by atoms with Gasteiger partial charge in [-0.25, -0.2) is 22.3 Å². The molecule has 0 saturated heterocycles. The summed E-state index contributed by atoms with van der Waals surface area (Å²) in [7, 11) is -4.26. The maximum Gasteiger partial charge on any atom is 0.310 e. The third-order valence-electron chi connectivity index (χ3n) is 4.36. The molecule has 1 aliphatic rings. The van der Waals surface area contributed by atoms with E-state index in [-0.39, 0.29) is 17.3 Å². The number of nitrogens with one attached hydrogen (secondary N) is 1. The van der Waals surface area contributed by atoms with E-state index in [1.165, 1.54) is 0 Å². The Labute approximate surface area is 153 Å². The summed E-state index contributed by atoms with van der Waals surface area (Å²) in [6.45, 7) is 1.30. The first-order valence-corrected chi connectivity index (χ1v) is 9.52. The highest BCUT2D eigenvalue weighted by atomic mass is 32.2. The van der Waals surface area contributed by atoms with E-state index in [0.717, 1.165) is 19.0 Å². The molecule has 0 amide bonds. The van der Waals surface area contributed by atoms with Crippen molar-refractivity contribution in [3.05, 3.63) is 56.9 Å². The lowest BCUT2D eigenvalue weighted by atomic mass is 10.1. The molecule has 27 heavy (non-hydrogen) atoms. The molecule has 0 radical (unpaired) electrons. The van der Waals surface area contributed by atoms with Crippen molar-refractivity contribution in [2.75, 3.05) is 5.32 Å². The van der Waals surface area contributed by atoms with Gasteiger partial charge >= 0.3 is 5.69 Å². The van der Waals surface area contributed by atoms with E-state index in [0.29, 0.717) is 23.4 Å². The average molecular weight is 398 g/mol. The third kappa shape index (κ3) is 3.88. The normalized spacial score (nSPS) is 14.2. The fraction of sp³-hybridized carbons (Fsp3) is 0.312. The number of aryl methyl sites for hydroxylation is 1. The molecule has 1 saturated carbocycles. The summed E-state index contributed by atoms with van der Waals surface area (Å²) in [6.07, 6.45) is 2.80. The Morgan fingerprint density at radius 3 is 2.41 bits per heavy atom. The molecule has 1 aromatic carbocycles. The van der Waals surface area contributed by atoms with E-state index in [1.54, 1.807) is 6.92 Å². The van der Waals surface area contributed by atoms with Crippen LogP contribution in [0.2, 0.25) is 0 Å². The van der Waals surface area contributed by atoms with Crippen molar-refractivity contribution in [1.82, 2.24) is 4.98 Å². The van der Waals surface area contributed by atoms with Gasteiger partial charge in [0.05, 0.1) is 9.82 Å². The number of rotatable bonds is 6. The number of hydrogen-bond acceptors (Lipinski definition) is 6. The Morgan fingerprint density at radius 2 is 1.93 bits per heavy atom. The maximum atomic E-state index is 14.2. The van der Waals surface area contributed by atoms with Crippen molar-refractivity contribution in [2.24, 2.45) is 5.14 Å². The first-order valence-electron chi connectivity index (χ1n) is 7.98. The molecular weight excluding hydrogens is 382 g/mol. The molecule has 0 unspecified atom stereocenters. The van der Waals surface area contributed by atoms with Crippen LogP contribution in [-0.2, 0) is 16.6 Å². The lowest BCUT2D eigenvalue weighted by Gasteiger charge is -2.15. The lowest BCUT2D eigenvalue weighted by Crippen LogP contribution is -2.15. The van der Waals surface area contributed by atoms with Crippen LogP contribution in [0, 0.1) is 28.7 Å². The van der Waals surface area contributed by atoms with Gasteiger partial charge in [0.25, 0.3) is 0 Å². The van der Waals surface area contributed by atoms with Gasteiger partial charge in [-0.05, 0) is 37.8 Å². The number of aromatic nitrogens is 1. The quantitative estimate of drug-likeness (QED) is 0.569. The Bertz CT molecular complexity index is 1020. The molecule has 3 N–H and O–H groups in total. The summed E-state index contributed by atoms with van der Waals surface area (Å²) in [6, 6.07) is 1.23. The highest BCUT2D eigenvalue weighted by molar-refractivity contribution is 7.89. The highest BCUT2D eigenvalue weighted by Crippen LogP contribution is 2.47. The van der Waals surface area contributed by atoms with Gasteiger partial charge in [-0.2, -0.15) is 0 Å². The summed E-state index contributed by atoms with van der Waals surface area (Å²) in [5.74, 6) is -2.12. The van der Waals surface area contributed by atoms with Crippen LogP contribution in [0.1, 0.15) is 35.6 Å². The molecule has 1 aromatic heterocycles. The summed E-state index contributed by atoms with van der Waals surface area (Å²) in [4.78, 5) is 14.1. The predicted molar refractivity (Wildman–Crippen MR) is 92.7 cm³/mol. The molecule has 1 fully saturated rings. The van der Waals surface area contributed by atoms with Gasteiger partial charge in [0, 0.05) is 23.4 Å². The monoisotopic (exact) mass is 398 g/mol. The first kappa shape index (κ1) is 19.1. The zero-order valence-electron chi connectivity index (χ0n) is 14.2. The Balaban J connectivity index is 1.98. The zero-order valence-corrected chi connectivity index (χ0v) is 15.0. The molecule has 1 heterocycles. The number of hydrogen-bond donors (Lipinski definition) is 2. The summed E-state index contributed by atoms with van der Waals surface area (Å²) in [5.41, 5.74) is 0.698. The van der Waals surface area contributed by atoms with Crippen LogP contribution >= 0.6 is 0 Å². The topological polar surface area (TPSA) is 128 Å². The van der Waals surface area contributed by atoms with E-state index in [9.17, 15) is 27.3 Å². The van der Waals surface area contributed by atoms with Crippen molar-refractivity contribution in [3.63, 3.8) is 0 Å². The number of pyridine rings is 1. The molecule has 3 rings (SSSR count). The largest absolute Gasteiger partial charge is 0.375 e. The van der Waals surface area contributed by atoms with E-state index in [2.05, 4.69) is 10.3 Å². The van der Waals surface area contributed by atoms with E-state index >= 15 is 0 Å². The Kier molecular flexibility index (Phi) is 4.82. The number of nitrogens with zero attached hydrogens (tertiary/aromatic N) is 2. The van der Waals surface area contributed by atoms with Gasteiger partial charge in [0.15, 0.2) is 0 Å². The first-order chi connectivity index (χ1) is 12.6. The number of benzene rings is 1. The van der Waals surface area contributed by atoms with Crippen molar-refractivity contribution < 1.29 is 22.1 Å². The van der Waals surface area contributed by atoms with Crippen molar-refractivity contribution in [3.8, 4) is 0 Å². The standard InChI is InChI=1S/C16H16F2N4O4S/c1-8-15(9-2-3-9)16(14(7-20-8)22(23)24)21-6-11-12(17)4-10(5-13(11)18)27(19,25)26/h4-5,7,9H,2-3,6H2,1H3,(H,20,21)(H2,19,25,26). The van der Waals surface area contributed by atoms with Gasteiger partial charge in [-0.15, -0.1) is 0 Å². The smallest absolute Gasteiger partial charge is 0.310 e. The van der Waals surface area contributed by atoms with E-state index in [1.807, 2.05) is 0 Å². The predicted octanol–water partition coefficient (Wildman–Crippen LogP) is 2.71. The molecule has 1 aliphatic carbocycles. The molecule has 11 heteroatoms. The second-order valence-electron chi connectivity index (χ2n) is 6.31. The van der Waals surface area contributed by atoms with Crippen LogP contribution in [0.3, 0.4) is 0 Å². The van der Waals surface area contributed by atoms with Crippen LogP contribution in [0.25, 0.3) is 0 Å². The Morgan fingerprint density at radius 1 is 1.33 bits per heavy atom. The zero-order chi connectivity index (χ0) is 19.9. The maximum absolute atomic E-state index is 14.2.